The fraction of sp³-hybridized carbons (Fsp3) is 0.571. The second-order valence-corrected chi connectivity index (χ2v) is 6.94. The molecule has 0 aliphatic heterocycles. The fourth-order valence-electron chi connectivity index (χ4n) is 1.26. The molecule has 0 fully saturated rings. The highest BCUT2D eigenvalue weighted by atomic mass is 33.1. The molecule has 0 aliphatic carbocycles. The Labute approximate surface area is 113 Å². The SMILES string of the molecule is CCCSSC(OCC(C)C)c1ccccc1. The molecule has 0 N–H and O–H groups in total. The molecule has 96 valence electrons. The Morgan fingerprint density at radius 3 is 2.47 bits per heavy atom. The molecule has 3 heteroatoms. The van der Waals surface area contributed by atoms with Crippen LogP contribution in [0.3, 0.4) is 0 Å². The Hall–Kier alpha value is -0.120. The summed E-state index contributed by atoms with van der Waals surface area (Å²) in [5, 5.41) is 0. The minimum atomic E-state index is 0.162. The average molecular weight is 270 g/mol. The number of hydrogen-bond donors (Lipinski definition) is 0. The predicted octanol–water partition coefficient (Wildman–Crippen LogP) is 5.15. The molecule has 1 aromatic carbocycles. The van der Waals surface area contributed by atoms with Crippen molar-refractivity contribution < 1.29 is 4.74 Å². The topological polar surface area (TPSA) is 9.23 Å². The van der Waals surface area contributed by atoms with Crippen molar-refractivity contribution in [3.63, 3.8) is 0 Å². The van der Waals surface area contributed by atoms with E-state index in [0.29, 0.717) is 5.92 Å². The summed E-state index contributed by atoms with van der Waals surface area (Å²) in [5.74, 6) is 1.76. The molecule has 0 spiro atoms. The summed E-state index contributed by atoms with van der Waals surface area (Å²) in [7, 11) is 3.74. The van der Waals surface area contributed by atoms with Gasteiger partial charge in [0.1, 0.15) is 5.44 Å². The fourth-order valence-corrected chi connectivity index (χ4v) is 3.71. The van der Waals surface area contributed by atoms with E-state index in [9.17, 15) is 0 Å². The first-order valence-corrected chi connectivity index (χ1v) is 8.57. The summed E-state index contributed by atoms with van der Waals surface area (Å²) in [6.07, 6.45) is 1.21. The molecule has 0 radical (unpaired) electrons. The average Bonchev–Trinajstić information content (AvgIpc) is 2.34. The Morgan fingerprint density at radius 2 is 1.88 bits per heavy atom. The van der Waals surface area contributed by atoms with Crippen molar-refractivity contribution in [2.24, 2.45) is 5.92 Å². The van der Waals surface area contributed by atoms with Gasteiger partial charge in [-0.15, -0.1) is 0 Å². The van der Waals surface area contributed by atoms with Gasteiger partial charge in [0.25, 0.3) is 0 Å². The summed E-state index contributed by atoms with van der Waals surface area (Å²) in [6.45, 7) is 7.40. The van der Waals surface area contributed by atoms with Crippen molar-refractivity contribution in [3.05, 3.63) is 35.9 Å². The van der Waals surface area contributed by atoms with E-state index >= 15 is 0 Å². The highest BCUT2D eigenvalue weighted by molar-refractivity contribution is 8.76. The number of hydrogen-bond acceptors (Lipinski definition) is 3. The van der Waals surface area contributed by atoms with Crippen LogP contribution < -0.4 is 0 Å². The van der Waals surface area contributed by atoms with Gasteiger partial charge in [-0.25, -0.2) is 0 Å². The monoisotopic (exact) mass is 270 g/mol. The zero-order valence-electron chi connectivity index (χ0n) is 10.9. The van der Waals surface area contributed by atoms with Gasteiger partial charge < -0.3 is 4.74 Å². The minimum Gasteiger partial charge on any atom is -0.362 e. The van der Waals surface area contributed by atoms with Crippen LogP contribution in [0.5, 0.6) is 0 Å². The third kappa shape index (κ3) is 6.39. The van der Waals surface area contributed by atoms with E-state index in [4.69, 9.17) is 4.74 Å². The lowest BCUT2D eigenvalue weighted by Gasteiger charge is -2.18. The molecular formula is C14H22OS2. The van der Waals surface area contributed by atoms with Crippen LogP contribution in [0.15, 0.2) is 30.3 Å². The predicted molar refractivity (Wildman–Crippen MR) is 80.3 cm³/mol. The largest absolute Gasteiger partial charge is 0.362 e. The molecule has 1 aromatic rings. The van der Waals surface area contributed by atoms with E-state index in [-0.39, 0.29) is 5.44 Å². The van der Waals surface area contributed by atoms with Crippen LogP contribution >= 0.6 is 21.6 Å². The molecular weight excluding hydrogens is 248 g/mol. The van der Waals surface area contributed by atoms with Crippen LogP contribution in [0, 0.1) is 5.92 Å². The van der Waals surface area contributed by atoms with E-state index in [1.54, 1.807) is 0 Å². The number of benzene rings is 1. The summed E-state index contributed by atoms with van der Waals surface area (Å²) in [4.78, 5) is 0. The first-order valence-electron chi connectivity index (χ1n) is 6.18. The molecule has 0 amide bonds. The second kappa shape index (κ2) is 8.90. The molecule has 0 saturated heterocycles. The second-order valence-electron chi connectivity index (χ2n) is 4.39. The van der Waals surface area contributed by atoms with E-state index in [0.717, 1.165) is 6.61 Å². The zero-order chi connectivity index (χ0) is 12.5. The molecule has 17 heavy (non-hydrogen) atoms. The highest BCUT2D eigenvalue weighted by Gasteiger charge is 2.13. The summed E-state index contributed by atoms with van der Waals surface area (Å²) >= 11 is 0. The molecule has 0 heterocycles. The van der Waals surface area contributed by atoms with Gasteiger partial charge in [0.2, 0.25) is 0 Å². The number of ether oxygens (including phenoxy) is 1. The van der Waals surface area contributed by atoms with Gasteiger partial charge in [0.05, 0.1) is 6.61 Å². The van der Waals surface area contributed by atoms with Crippen molar-refractivity contribution in [1.82, 2.24) is 0 Å². The Bertz CT molecular complexity index is 288. The van der Waals surface area contributed by atoms with Crippen LogP contribution in [-0.2, 0) is 4.74 Å². The molecule has 1 atom stereocenters. The van der Waals surface area contributed by atoms with Crippen molar-refractivity contribution in [2.75, 3.05) is 12.4 Å². The quantitative estimate of drug-likeness (QED) is 0.367. The van der Waals surface area contributed by atoms with Crippen LogP contribution in [-0.4, -0.2) is 12.4 Å². The van der Waals surface area contributed by atoms with E-state index in [1.807, 2.05) is 27.7 Å². The van der Waals surface area contributed by atoms with E-state index in [2.05, 4.69) is 45.0 Å². The van der Waals surface area contributed by atoms with Gasteiger partial charge in [-0.2, -0.15) is 0 Å². The summed E-state index contributed by atoms with van der Waals surface area (Å²) in [5.41, 5.74) is 1.43. The van der Waals surface area contributed by atoms with Crippen molar-refractivity contribution in [1.29, 1.82) is 0 Å². The van der Waals surface area contributed by atoms with Crippen LogP contribution in [0.25, 0.3) is 0 Å². The van der Waals surface area contributed by atoms with Crippen LogP contribution in [0.1, 0.15) is 38.2 Å². The number of rotatable bonds is 8. The standard InChI is InChI=1S/C14H22OS2/c1-4-10-16-17-14(15-11-12(2)3)13-8-6-5-7-9-13/h5-9,12,14H,4,10-11H2,1-3H3. The van der Waals surface area contributed by atoms with Crippen LogP contribution in [0.2, 0.25) is 0 Å². The molecule has 1 unspecified atom stereocenters. The van der Waals surface area contributed by atoms with E-state index < -0.39 is 0 Å². The van der Waals surface area contributed by atoms with Crippen molar-refractivity contribution in [2.45, 2.75) is 32.6 Å². The Kier molecular flexibility index (Phi) is 7.82. The maximum absolute atomic E-state index is 5.98. The molecule has 0 saturated carbocycles. The van der Waals surface area contributed by atoms with Gasteiger partial charge in [-0.1, -0.05) is 72.7 Å². The molecule has 0 aromatic heterocycles. The molecule has 1 rings (SSSR count). The first-order chi connectivity index (χ1) is 8.24. The van der Waals surface area contributed by atoms with Crippen LogP contribution in [0.4, 0.5) is 0 Å². The van der Waals surface area contributed by atoms with Gasteiger partial charge in [0, 0.05) is 5.75 Å². The van der Waals surface area contributed by atoms with Gasteiger partial charge >= 0.3 is 0 Å². The van der Waals surface area contributed by atoms with Gasteiger partial charge in [-0.3, -0.25) is 0 Å². The Balaban J connectivity index is 2.52. The molecule has 0 bridgehead atoms. The third-order valence-electron chi connectivity index (χ3n) is 2.10. The molecule has 0 aliphatic rings. The normalized spacial score (nSPS) is 12.9. The lowest BCUT2D eigenvalue weighted by molar-refractivity contribution is 0.0911. The Morgan fingerprint density at radius 1 is 1.18 bits per heavy atom. The maximum Gasteiger partial charge on any atom is 0.138 e. The molecule has 1 nitrogen and oxygen atoms in total. The van der Waals surface area contributed by atoms with Gasteiger partial charge in [-0.05, 0) is 17.9 Å². The van der Waals surface area contributed by atoms with Crippen molar-refractivity contribution >= 4 is 21.6 Å². The van der Waals surface area contributed by atoms with Gasteiger partial charge in [0.15, 0.2) is 0 Å². The summed E-state index contributed by atoms with van der Waals surface area (Å²) in [6, 6.07) is 10.5. The lowest BCUT2D eigenvalue weighted by Crippen LogP contribution is -2.06. The lowest BCUT2D eigenvalue weighted by atomic mass is 10.2. The third-order valence-corrected chi connectivity index (χ3v) is 4.82. The van der Waals surface area contributed by atoms with E-state index in [1.165, 1.54) is 17.7 Å². The minimum absolute atomic E-state index is 0.162. The first kappa shape index (κ1) is 14.9. The smallest absolute Gasteiger partial charge is 0.138 e. The van der Waals surface area contributed by atoms with Crippen molar-refractivity contribution in [3.8, 4) is 0 Å². The summed E-state index contributed by atoms with van der Waals surface area (Å²) < 4.78 is 5.98. The maximum atomic E-state index is 5.98. The highest BCUT2D eigenvalue weighted by Crippen LogP contribution is 2.39. The zero-order valence-corrected chi connectivity index (χ0v) is 12.5.